The van der Waals surface area contributed by atoms with Crippen molar-refractivity contribution in [1.82, 2.24) is 0 Å². The van der Waals surface area contributed by atoms with E-state index in [4.69, 9.17) is 5.73 Å². The van der Waals surface area contributed by atoms with Gasteiger partial charge in [0.25, 0.3) is 0 Å². The molecule has 1 aromatic rings. The topological polar surface area (TPSA) is 84.2 Å². The Labute approximate surface area is 107 Å². The summed E-state index contributed by atoms with van der Waals surface area (Å²) in [7, 11) is 0. The van der Waals surface area contributed by atoms with Crippen LogP contribution in [0, 0.1) is 0 Å². The summed E-state index contributed by atoms with van der Waals surface area (Å²) >= 11 is 0. The van der Waals surface area contributed by atoms with E-state index in [1.165, 1.54) is 0 Å². The van der Waals surface area contributed by atoms with Crippen LogP contribution < -0.4 is 16.4 Å². The predicted octanol–water partition coefficient (Wildman–Crippen LogP) is 1.71. The number of carbonyl (C=O) groups is 2. The van der Waals surface area contributed by atoms with Crippen molar-refractivity contribution in [3.8, 4) is 0 Å². The molecule has 18 heavy (non-hydrogen) atoms. The van der Waals surface area contributed by atoms with E-state index in [2.05, 4.69) is 10.6 Å². The number of benzene rings is 1. The molecule has 2 amide bonds. The lowest BCUT2D eigenvalue weighted by Gasteiger charge is -2.09. The summed E-state index contributed by atoms with van der Waals surface area (Å²) in [6, 6.07) is 6.85. The zero-order valence-electron chi connectivity index (χ0n) is 10.7. The van der Waals surface area contributed by atoms with Gasteiger partial charge in [0.05, 0.1) is 0 Å². The molecule has 0 fully saturated rings. The van der Waals surface area contributed by atoms with Crippen molar-refractivity contribution in [2.45, 2.75) is 32.7 Å². The molecule has 5 nitrogen and oxygen atoms in total. The summed E-state index contributed by atoms with van der Waals surface area (Å²) in [5, 5.41) is 5.47. The molecule has 0 aliphatic rings. The van der Waals surface area contributed by atoms with Gasteiger partial charge in [-0.2, -0.15) is 0 Å². The number of nitrogens with one attached hydrogen (secondary N) is 2. The average molecular weight is 249 g/mol. The van der Waals surface area contributed by atoms with Gasteiger partial charge in [0.2, 0.25) is 11.8 Å². The third-order valence-electron chi connectivity index (χ3n) is 2.26. The maximum Gasteiger partial charge on any atom is 0.225 e. The second-order valence-corrected chi connectivity index (χ2v) is 4.21. The molecule has 98 valence electrons. The monoisotopic (exact) mass is 249 g/mol. The normalized spacial score (nSPS) is 11.7. The minimum Gasteiger partial charge on any atom is -0.327 e. The lowest BCUT2D eigenvalue weighted by molar-refractivity contribution is -0.117. The smallest absolute Gasteiger partial charge is 0.225 e. The first-order valence-electron chi connectivity index (χ1n) is 5.96. The molecule has 0 heterocycles. The summed E-state index contributed by atoms with van der Waals surface area (Å²) in [6.45, 7) is 3.56. The van der Waals surface area contributed by atoms with Crippen LogP contribution in [0.25, 0.3) is 0 Å². The Morgan fingerprint density at radius 1 is 1.22 bits per heavy atom. The Bertz CT molecular complexity index is 430. The fourth-order valence-corrected chi connectivity index (χ4v) is 1.43. The second kappa shape index (κ2) is 6.76. The first kappa shape index (κ1) is 14.2. The molecule has 4 N–H and O–H groups in total. The van der Waals surface area contributed by atoms with Crippen LogP contribution in [0.2, 0.25) is 0 Å². The van der Waals surface area contributed by atoms with Gasteiger partial charge in [-0.05, 0) is 25.1 Å². The van der Waals surface area contributed by atoms with Gasteiger partial charge in [0.15, 0.2) is 0 Å². The van der Waals surface area contributed by atoms with Crippen LogP contribution in [0.4, 0.5) is 11.4 Å². The van der Waals surface area contributed by atoms with Gasteiger partial charge in [-0.25, -0.2) is 0 Å². The highest BCUT2D eigenvalue weighted by Gasteiger charge is 2.06. The van der Waals surface area contributed by atoms with E-state index in [1.807, 2.05) is 0 Å². The quantitative estimate of drug-likeness (QED) is 0.742. The molecular weight excluding hydrogens is 230 g/mol. The maximum atomic E-state index is 11.5. The van der Waals surface area contributed by atoms with Crippen LogP contribution >= 0.6 is 0 Å². The number of hydrogen-bond donors (Lipinski definition) is 3. The van der Waals surface area contributed by atoms with Gasteiger partial charge >= 0.3 is 0 Å². The van der Waals surface area contributed by atoms with E-state index < -0.39 is 0 Å². The zero-order valence-corrected chi connectivity index (χ0v) is 10.7. The van der Waals surface area contributed by atoms with Crippen molar-refractivity contribution in [3.63, 3.8) is 0 Å². The number of rotatable bonds is 5. The van der Waals surface area contributed by atoms with Gasteiger partial charge in [0, 0.05) is 30.3 Å². The zero-order chi connectivity index (χ0) is 13.5. The number of nitrogens with two attached hydrogens (primary N) is 1. The van der Waals surface area contributed by atoms with Crippen molar-refractivity contribution in [1.29, 1.82) is 0 Å². The van der Waals surface area contributed by atoms with Crippen LogP contribution in [0.3, 0.4) is 0 Å². The fraction of sp³-hybridized carbons (Fsp3) is 0.385. The van der Waals surface area contributed by atoms with E-state index >= 15 is 0 Å². The van der Waals surface area contributed by atoms with Gasteiger partial charge in [-0.3, -0.25) is 9.59 Å². The Balaban J connectivity index is 2.64. The van der Waals surface area contributed by atoms with Gasteiger partial charge in [0.1, 0.15) is 0 Å². The molecule has 0 aliphatic heterocycles. The molecule has 0 bridgehead atoms. The maximum absolute atomic E-state index is 11.5. The van der Waals surface area contributed by atoms with E-state index in [9.17, 15) is 9.59 Å². The van der Waals surface area contributed by atoms with Crippen molar-refractivity contribution < 1.29 is 9.59 Å². The highest BCUT2D eigenvalue weighted by Crippen LogP contribution is 2.15. The first-order chi connectivity index (χ1) is 8.51. The molecule has 0 aliphatic carbocycles. The molecule has 0 radical (unpaired) electrons. The average Bonchev–Trinajstić information content (AvgIpc) is 2.28. The Morgan fingerprint density at radius 2 is 1.78 bits per heavy atom. The Kier molecular flexibility index (Phi) is 5.32. The SMILES string of the molecule is CCC(=O)Nc1cccc(NC(=O)CC(C)N)c1. The molecular formula is C13H19N3O2. The minimum atomic E-state index is -0.173. The van der Waals surface area contributed by atoms with Crippen LogP contribution in [0.1, 0.15) is 26.7 Å². The van der Waals surface area contributed by atoms with Gasteiger partial charge in [-0.15, -0.1) is 0 Å². The van der Waals surface area contributed by atoms with Crippen molar-refractivity contribution in [2.24, 2.45) is 5.73 Å². The number of carbonyl (C=O) groups excluding carboxylic acids is 2. The first-order valence-corrected chi connectivity index (χ1v) is 5.96. The molecule has 1 unspecified atom stereocenters. The highest BCUT2D eigenvalue weighted by atomic mass is 16.2. The molecule has 5 heteroatoms. The minimum absolute atomic E-state index is 0.0611. The van der Waals surface area contributed by atoms with E-state index in [0.717, 1.165) is 0 Å². The molecule has 0 saturated carbocycles. The number of amides is 2. The molecule has 1 aromatic carbocycles. The number of hydrogen-bond acceptors (Lipinski definition) is 3. The lowest BCUT2D eigenvalue weighted by atomic mass is 10.2. The third-order valence-corrected chi connectivity index (χ3v) is 2.26. The van der Waals surface area contributed by atoms with E-state index in [-0.39, 0.29) is 24.3 Å². The van der Waals surface area contributed by atoms with Gasteiger partial charge < -0.3 is 16.4 Å². The fourth-order valence-electron chi connectivity index (χ4n) is 1.43. The molecule has 0 aromatic heterocycles. The summed E-state index contributed by atoms with van der Waals surface area (Å²) < 4.78 is 0. The Hall–Kier alpha value is -1.88. The summed E-state index contributed by atoms with van der Waals surface area (Å²) in [4.78, 5) is 22.8. The Morgan fingerprint density at radius 3 is 2.28 bits per heavy atom. The van der Waals surface area contributed by atoms with Gasteiger partial charge in [-0.1, -0.05) is 13.0 Å². The van der Waals surface area contributed by atoms with E-state index in [1.54, 1.807) is 38.1 Å². The van der Waals surface area contributed by atoms with Crippen LogP contribution in [-0.4, -0.2) is 17.9 Å². The van der Waals surface area contributed by atoms with E-state index in [0.29, 0.717) is 17.8 Å². The standard InChI is InChI=1S/C13H19N3O2/c1-3-12(17)15-10-5-4-6-11(8-10)16-13(18)7-9(2)14/h4-6,8-9H,3,7,14H2,1-2H3,(H,15,17)(H,16,18). The van der Waals surface area contributed by atoms with Crippen molar-refractivity contribution in [2.75, 3.05) is 10.6 Å². The summed E-state index contributed by atoms with van der Waals surface area (Å²) in [5.74, 6) is -0.196. The molecule has 0 saturated heterocycles. The largest absolute Gasteiger partial charge is 0.327 e. The lowest BCUT2D eigenvalue weighted by Crippen LogP contribution is -2.24. The summed E-state index contributed by atoms with van der Waals surface area (Å²) in [6.07, 6.45) is 0.687. The summed E-state index contributed by atoms with van der Waals surface area (Å²) in [5.41, 5.74) is 6.86. The molecule has 1 atom stereocenters. The molecule has 1 rings (SSSR count). The van der Waals surface area contributed by atoms with Crippen LogP contribution in [-0.2, 0) is 9.59 Å². The molecule has 0 spiro atoms. The second-order valence-electron chi connectivity index (χ2n) is 4.21. The number of anilines is 2. The van der Waals surface area contributed by atoms with Crippen LogP contribution in [0.15, 0.2) is 24.3 Å². The highest BCUT2D eigenvalue weighted by molar-refractivity contribution is 5.94. The third kappa shape index (κ3) is 4.97. The van der Waals surface area contributed by atoms with Crippen molar-refractivity contribution in [3.05, 3.63) is 24.3 Å². The van der Waals surface area contributed by atoms with Crippen LogP contribution in [0.5, 0.6) is 0 Å². The predicted molar refractivity (Wildman–Crippen MR) is 72.3 cm³/mol. The van der Waals surface area contributed by atoms with Crippen molar-refractivity contribution >= 4 is 23.2 Å².